The second-order valence-corrected chi connectivity index (χ2v) is 10.3. The van der Waals surface area contributed by atoms with E-state index in [-0.39, 0.29) is 17.1 Å². The van der Waals surface area contributed by atoms with Crippen molar-refractivity contribution in [1.82, 2.24) is 14.5 Å². The number of pyridine rings is 1. The van der Waals surface area contributed by atoms with Crippen molar-refractivity contribution in [1.29, 1.82) is 0 Å². The topological polar surface area (TPSA) is 120 Å². The molecule has 0 saturated heterocycles. The number of sulfonamides is 1. The molecule has 0 unspecified atom stereocenters. The van der Waals surface area contributed by atoms with E-state index in [1.165, 1.54) is 22.9 Å². The molecule has 180 valence electrons. The van der Waals surface area contributed by atoms with E-state index in [1.54, 1.807) is 30.3 Å². The normalized spacial score (nSPS) is 13.8. The molecule has 8 nitrogen and oxygen atoms in total. The van der Waals surface area contributed by atoms with Gasteiger partial charge in [-0.3, -0.25) is 14.1 Å². The van der Waals surface area contributed by atoms with E-state index in [1.807, 2.05) is 0 Å². The summed E-state index contributed by atoms with van der Waals surface area (Å²) >= 11 is 0. The van der Waals surface area contributed by atoms with Gasteiger partial charge in [-0.1, -0.05) is 30.3 Å². The van der Waals surface area contributed by atoms with Gasteiger partial charge in [-0.2, -0.15) is 4.98 Å². The van der Waals surface area contributed by atoms with Gasteiger partial charge in [0.2, 0.25) is 16.0 Å². The number of anilines is 2. The second-order valence-electron chi connectivity index (χ2n) is 8.56. The summed E-state index contributed by atoms with van der Waals surface area (Å²) in [5.74, 6) is -2.85. The lowest BCUT2D eigenvalue weighted by atomic mass is 10.0. The number of fused-ring (bicyclic) bond motifs is 1. The smallest absolute Gasteiger partial charge is 0.260 e. The number of rotatable bonds is 7. The summed E-state index contributed by atoms with van der Waals surface area (Å²) in [5.41, 5.74) is 5.05. The van der Waals surface area contributed by atoms with Crippen molar-refractivity contribution in [2.75, 3.05) is 10.5 Å². The van der Waals surface area contributed by atoms with Crippen LogP contribution in [-0.2, 0) is 22.3 Å². The molecule has 0 spiro atoms. The van der Waals surface area contributed by atoms with Gasteiger partial charge in [0, 0.05) is 23.7 Å². The molecule has 4 aromatic rings. The highest BCUT2D eigenvalue weighted by molar-refractivity contribution is 7.91. The molecule has 1 aliphatic rings. The molecule has 1 saturated carbocycles. The molecule has 2 heterocycles. The van der Waals surface area contributed by atoms with Crippen LogP contribution in [0.1, 0.15) is 18.4 Å². The molecule has 0 atom stereocenters. The van der Waals surface area contributed by atoms with Gasteiger partial charge in [0.15, 0.2) is 11.6 Å². The minimum atomic E-state index is -4.01. The number of nitrogens with zero attached hydrogens (tertiary/aromatic N) is 3. The molecular weight excluding hydrogens is 476 g/mol. The summed E-state index contributed by atoms with van der Waals surface area (Å²) in [6.07, 6.45) is 3.34. The number of nitrogens with two attached hydrogens (primary N) is 1. The minimum Gasteiger partial charge on any atom is -0.368 e. The zero-order valence-electron chi connectivity index (χ0n) is 18.4. The van der Waals surface area contributed by atoms with Crippen molar-refractivity contribution in [3.8, 4) is 11.1 Å². The monoisotopic (exact) mass is 497 g/mol. The standard InChI is InChI=1S/C24H21F2N5O3S/c25-20-17(8-9-19(21(20)26)30-35(33,34)13-15-4-2-1-3-5-15)18-10-16-11-28-24(27)29-22(16)31(23(18)32)12-14-6-7-14/h1-5,8-11,14,30H,6-7,12-13H2,(H2,27,28,29). The van der Waals surface area contributed by atoms with Crippen LogP contribution < -0.4 is 16.0 Å². The Hall–Kier alpha value is -3.86. The predicted octanol–water partition coefficient (Wildman–Crippen LogP) is 3.67. The van der Waals surface area contributed by atoms with Gasteiger partial charge < -0.3 is 5.73 Å². The Labute approximate surface area is 199 Å². The number of aromatic nitrogens is 3. The van der Waals surface area contributed by atoms with Crippen molar-refractivity contribution in [2.24, 2.45) is 5.92 Å². The molecule has 3 N–H and O–H groups in total. The van der Waals surface area contributed by atoms with Gasteiger partial charge >= 0.3 is 0 Å². The van der Waals surface area contributed by atoms with Crippen LogP contribution in [-0.4, -0.2) is 23.0 Å². The number of hydrogen-bond acceptors (Lipinski definition) is 6. The van der Waals surface area contributed by atoms with E-state index in [2.05, 4.69) is 14.7 Å². The van der Waals surface area contributed by atoms with Crippen molar-refractivity contribution in [2.45, 2.75) is 25.1 Å². The Kier molecular flexibility index (Phi) is 5.72. The molecule has 1 fully saturated rings. The highest BCUT2D eigenvalue weighted by Crippen LogP contribution is 2.33. The third-order valence-corrected chi connectivity index (χ3v) is 7.07. The van der Waals surface area contributed by atoms with Crippen LogP contribution in [0, 0.1) is 17.6 Å². The van der Waals surface area contributed by atoms with Crippen molar-refractivity contribution in [3.05, 3.63) is 82.3 Å². The highest BCUT2D eigenvalue weighted by atomic mass is 32.2. The Morgan fingerprint density at radius 3 is 2.51 bits per heavy atom. The Balaban J connectivity index is 1.54. The fourth-order valence-corrected chi connectivity index (χ4v) is 5.12. The molecule has 0 amide bonds. The van der Waals surface area contributed by atoms with Crippen LogP contribution in [0.15, 0.2) is 59.5 Å². The van der Waals surface area contributed by atoms with Crippen LogP contribution in [0.5, 0.6) is 0 Å². The van der Waals surface area contributed by atoms with E-state index in [9.17, 15) is 17.6 Å². The SMILES string of the molecule is Nc1ncc2cc(-c3ccc(NS(=O)(=O)Cc4ccccc4)c(F)c3F)c(=O)n(CC3CC3)c2n1. The first-order valence-corrected chi connectivity index (χ1v) is 12.6. The van der Waals surface area contributed by atoms with Crippen LogP contribution in [0.2, 0.25) is 0 Å². The molecule has 1 aliphatic carbocycles. The maximum absolute atomic E-state index is 15.2. The van der Waals surface area contributed by atoms with Crippen molar-refractivity contribution < 1.29 is 17.2 Å². The van der Waals surface area contributed by atoms with E-state index >= 15 is 4.39 Å². The van der Waals surface area contributed by atoms with E-state index in [4.69, 9.17) is 5.73 Å². The number of benzene rings is 2. The van der Waals surface area contributed by atoms with Crippen molar-refractivity contribution >= 4 is 32.7 Å². The maximum Gasteiger partial charge on any atom is 0.260 e. The minimum absolute atomic E-state index is 0.00133. The molecule has 0 bridgehead atoms. The summed E-state index contributed by atoms with van der Waals surface area (Å²) in [6.45, 7) is 0.376. The van der Waals surface area contributed by atoms with Gasteiger partial charge in [-0.05, 0) is 42.5 Å². The lowest BCUT2D eigenvalue weighted by Crippen LogP contribution is -2.24. The van der Waals surface area contributed by atoms with Crippen LogP contribution in [0.3, 0.4) is 0 Å². The third kappa shape index (κ3) is 4.72. The summed E-state index contributed by atoms with van der Waals surface area (Å²) in [5, 5.41) is 0.446. The molecular formula is C24H21F2N5O3S. The number of hydrogen-bond donors (Lipinski definition) is 2. The summed E-state index contributed by atoms with van der Waals surface area (Å²) in [6, 6.07) is 12.0. The zero-order valence-corrected chi connectivity index (χ0v) is 19.2. The fraction of sp³-hybridized carbons (Fsp3) is 0.208. The Morgan fingerprint density at radius 2 is 1.80 bits per heavy atom. The van der Waals surface area contributed by atoms with Crippen LogP contribution in [0.4, 0.5) is 20.4 Å². The molecule has 5 rings (SSSR count). The Morgan fingerprint density at radius 1 is 1.06 bits per heavy atom. The van der Waals surface area contributed by atoms with Gasteiger partial charge in [0.05, 0.1) is 17.0 Å². The fourth-order valence-electron chi connectivity index (χ4n) is 3.93. The second kappa shape index (κ2) is 8.73. The van der Waals surface area contributed by atoms with Crippen molar-refractivity contribution in [3.63, 3.8) is 0 Å². The van der Waals surface area contributed by atoms with Crippen LogP contribution >= 0.6 is 0 Å². The van der Waals surface area contributed by atoms with Crippen LogP contribution in [0.25, 0.3) is 22.2 Å². The molecule has 2 aromatic heterocycles. The molecule has 11 heteroatoms. The first-order chi connectivity index (χ1) is 16.7. The maximum atomic E-state index is 15.2. The average Bonchev–Trinajstić information content (AvgIpc) is 3.64. The van der Waals surface area contributed by atoms with Gasteiger partial charge in [0.1, 0.15) is 5.65 Å². The number of nitrogens with one attached hydrogen (secondary N) is 1. The molecule has 0 aliphatic heterocycles. The predicted molar refractivity (Wildman–Crippen MR) is 129 cm³/mol. The molecule has 2 aromatic carbocycles. The first kappa shape index (κ1) is 22.9. The van der Waals surface area contributed by atoms with Gasteiger partial charge in [-0.15, -0.1) is 0 Å². The average molecular weight is 498 g/mol. The quantitative estimate of drug-likeness (QED) is 0.402. The first-order valence-electron chi connectivity index (χ1n) is 10.9. The van der Waals surface area contributed by atoms with Gasteiger partial charge in [-0.25, -0.2) is 22.2 Å². The summed E-state index contributed by atoms with van der Waals surface area (Å²) in [7, 11) is -4.01. The summed E-state index contributed by atoms with van der Waals surface area (Å²) in [4.78, 5) is 21.4. The van der Waals surface area contributed by atoms with E-state index < -0.39 is 38.7 Å². The number of nitrogen functional groups attached to an aromatic ring is 1. The summed E-state index contributed by atoms with van der Waals surface area (Å²) < 4.78 is 58.7. The zero-order chi connectivity index (χ0) is 24.7. The van der Waals surface area contributed by atoms with E-state index in [0.29, 0.717) is 29.1 Å². The van der Waals surface area contributed by atoms with Gasteiger partial charge in [0.25, 0.3) is 5.56 Å². The highest BCUT2D eigenvalue weighted by Gasteiger charge is 2.26. The molecule has 0 radical (unpaired) electrons. The molecule has 35 heavy (non-hydrogen) atoms. The number of halogens is 2. The third-order valence-electron chi connectivity index (χ3n) is 5.82. The largest absolute Gasteiger partial charge is 0.368 e. The van der Waals surface area contributed by atoms with E-state index in [0.717, 1.165) is 18.9 Å². The lowest BCUT2D eigenvalue weighted by Gasteiger charge is -2.14. The lowest BCUT2D eigenvalue weighted by molar-refractivity contribution is 0.514. The Bertz CT molecular complexity index is 1600.